The van der Waals surface area contributed by atoms with E-state index in [0.29, 0.717) is 12.0 Å². The SMILES string of the molecule is CC1=C(OS(=O)(=O)C(F)(F)F)C(C)(C)[C@]2(CC1)OCO[C@H]2C(=O)[Te]c1ccccc1. The average Bonchev–Trinajstić information content (AvgIpc) is 3.08. The summed E-state index contributed by atoms with van der Waals surface area (Å²) in [7, 11) is -5.86. The molecule has 1 aromatic carbocycles. The molecule has 1 aromatic rings. The van der Waals surface area contributed by atoms with E-state index in [1.165, 1.54) is 20.8 Å². The van der Waals surface area contributed by atoms with Crippen molar-refractivity contribution in [2.45, 2.75) is 50.8 Å². The average molecular weight is 562 g/mol. The predicted octanol–water partition coefficient (Wildman–Crippen LogP) is 2.61. The first-order valence-corrected chi connectivity index (χ1v) is 12.8. The van der Waals surface area contributed by atoms with Crippen molar-refractivity contribution in [1.82, 2.24) is 0 Å². The van der Waals surface area contributed by atoms with Crippen LogP contribution in [-0.4, -0.2) is 57.2 Å². The van der Waals surface area contributed by atoms with Crippen LogP contribution in [0.2, 0.25) is 0 Å². The van der Waals surface area contributed by atoms with Gasteiger partial charge >= 0.3 is 183 Å². The maximum absolute atomic E-state index is 13.1. The Morgan fingerprint density at radius 1 is 1.23 bits per heavy atom. The zero-order valence-electron chi connectivity index (χ0n) is 16.5. The normalized spacial score (nSPS) is 26.8. The third-order valence-electron chi connectivity index (χ3n) is 5.51. The minimum absolute atomic E-state index is 0.172. The summed E-state index contributed by atoms with van der Waals surface area (Å²) in [5.74, 6) is -0.352. The van der Waals surface area contributed by atoms with Crippen molar-refractivity contribution in [2.75, 3.05) is 6.79 Å². The summed E-state index contributed by atoms with van der Waals surface area (Å²) in [5.41, 5.74) is -7.88. The van der Waals surface area contributed by atoms with Gasteiger partial charge in [-0.25, -0.2) is 0 Å². The number of hydrogen-bond acceptors (Lipinski definition) is 6. The summed E-state index contributed by atoms with van der Waals surface area (Å²) >= 11 is -1.33. The van der Waals surface area contributed by atoms with Crippen LogP contribution in [0.15, 0.2) is 41.7 Å². The fraction of sp³-hybridized carbons (Fsp3) is 0.526. The molecule has 1 aliphatic carbocycles. The molecule has 166 valence electrons. The maximum atomic E-state index is 13.1. The molecule has 0 aromatic heterocycles. The zero-order chi connectivity index (χ0) is 22.4. The summed E-state index contributed by atoms with van der Waals surface area (Å²) in [6, 6.07) is 9.14. The molecule has 0 amide bonds. The second kappa shape index (κ2) is 8.10. The van der Waals surface area contributed by atoms with Crippen molar-refractivity contribution in [1.29, 1.82) is 0 Å². The second-order valence-electron chi connectivity index (χ2n) is 7.65. The molecule has 1 spiro atoms. The van der Waals surface area contributed by atoms with E-state index >= 15 is 0 Å². The van der Waals surface area contributed by atoms with Crippen LogP contribution in [0.3, 0.4) is 0 Å². The van der Waals surface area contributed by atoms with E-state index in [4.69, 9.17) is 9.47 Å². The van der Waals surface area contributed by atoms with Gasteiger partial charge in [0.15, 0.2) is 0 Å². The molecule has 6 nitrogen and oxygen atoms in total. The van der Waals surface area contributed by atoms with E-state index in [1.807, 2.05) is 30.3 Å². The molecule has 30 heavy (non-hydrogen) atoms. The Labute approximate surface area is 183 Å². The number of carbonyl (C=O) groups excluding carboxylic acids is 1. The molecule has 0 saturated carbocycles. The number of halogens is 3. The standard InChI is InChI=1S/C19H21F3O6STe/c1-12-9-10-18(17(2,3)14(12)28-29(24,25)19(20,21)22)15(26-11-27-18)16(23)30-13-7-5-4-6-8-13/h4-8,15H,9-11H2,1-3H3/t15-,18+/m0/s1. The van der Waals surface area contributed by atoms with Crippen molar-refractivity contribution < 1.29 is 40.0 Å². The third-order valence-corrected chi connectivity index (χ3v) is 9.10. The monoisotopic (exact) mass is 564 g/mol. The Morgan fingerprint density at radius 2 is 1.87 bits per heavy atom. The van der Waals surface area contributed by atoms with Crippen LogP contribution in [0.1, 0.15) is 33.6 Å². The van der Waals surface area contributed by atoms with Gasteiger partial charge in [0, 0.05) is 0 Å². The zero-order valence-corrected chi connectivity index (χ0v) is 19.6. The molecule has 1 fully saturated rings. The van der Waals surface area contributed by atoms with E-state index in [0.717, 1.165) is 3.61 Å². The number of rotatable bonds is 5. The summed E-state index contributed by atoms with van der Waals surface area (Å²) < 4.78 is 79.0. The number of allylic oxidation sites excluding steroid dienone is 1. The second-order valence-corrected chi connectivity index (χ2v) is 12.3. The van der Waals surface area contributed by atoms with Gasteiger partial charge in [0.25, 0.3) is 0 Å². The van der Waals surface area contributed by atoms with Gasteiger partial charge in [-0.2, -0.15) is 0 Å². The van der Waals surface area contributed by atoms with Crippen molar-refractivity contribution in [2.24, 2.45) is 5.41 Å². The van der Waals surface area contributed by atoms with Crippen LogP contribution in [0, 0.1) is 5.41 Å². The Hall–Kier alpha value is -1.12. The summed E-state index contributed by atoms with van der Waals surface area (Å²) in [4.78, 5) is 13.1. The van der Waals surface area contributed by atoms with Crippen LogP contribution < -0.4 is 3.61 Å². The Bertz CT molecular complexity index is 958. The van der Waals surface area contributed by atoms with Gasteiger partial charge in [-0.3, -0.25) is 0 Å². The molecule has 2 atom stereocenters. The van der Waals surface area contributed by atoms with Gasteiger partial charge in [-0.1, -0.05) is 0 Å². The van der Waals surface area contributed by atoms with Crippen LogP contribution in [0.5, 0.6) is 0 Å². The van der Waals surface area contributed by atoms with Crippen molar-refractivity contribution in [3.63, 3.8) is 0 Å². The Morgan fingerprint density at radius 3 is 2.47 bits per heavy atom. The Balaban J connectivity index is 1.96. The van der Waals surface area contributed by atoms with E-state index < -0.39 is 53.7 Å². The van der Waals surface area contributed by atoms with Crippen LogP contribution in [-0.2, 0) is 28.6 Å². The van der Waals surface area contributed by atoms with Gasteiger partial charge in [-0.15, -0.1) is 0 Å². The third kappa shape index (κ3) is 4.02. The van der Waals surface area contributed by atoms with Gasteiger partial charge in [0.1, 0.15) is 0 Å². The first kappa shape index (κ1) is 23.5. The number of carbonyl (C=O) groups is 1. The van der Waals surface area contributed by atoms with Gasteiger partial charge in [0.05, 0.1) is 0 Å². The number of benzene rings is 1. The quantitative estimate of drug-likeness (QED) is 0.312. The first-order chi connectivity index (χ1) is 13.8. The molecule has 0 N–H and O–H groups in total. The van der Waals surface area contributed by atoms with Crippen molar-refractivity contribution in [3.8, 4) is 0 Å². The van der Waals surface area contributed by atoms with Gasteiger partial charge in [-0.05, 0) is 0 Å². The van der Waals surface area contributed by atoms with E-state index in [1.54, 1.807) is 0 Å². The Kier molecular flexibility index (Phi) is 6.35. The first-order valence-electron chi connectivity index (χ1n) is 9.05. The van der Waals surface area contributed by atoms with Crippen molar-refractivity contribution in [3.05, 3.63) is 41.7 Å². The van der Waals surface area contributed by atoms with Crippen LogP contribution in [0.4, 0.5) is 13.2 Å². The molecule has 11 heteroatoms. The van der Waals surface area contributed by atoms with E-state index in [9.17, 15) is 26.4 Å². The molecule has 1 heterocycles. The van der Waals surface area contributed by atoms with E-state index in [-0.39, 0.29) is 22.8 Å². The molecule has 1 aliphatic heterocycles. The van der Waals surface area contributed by atoms with Gasteiger partial charge < -0.3 is 0 Å². The summed E-state index contributed by atoms with van der Waals surface area (Å²) in [6.07, 6.45) is -0.510. The topological polar surface area (TPSA) is 78.9 Å². The molecule has 0 unspecified atom stereocenters. The molecule has 0 radical (unpaired) electrons. The number of alkyl halides is 3. The molecule has 1 saturated heterocycles. The van der Waals surface area contributed by atoms with Crippen LogP contribution in [0.25, 0.3) is 0 Å². The molecule has 3 rings (SSSR count). The summed E-state index contributed by atoms with van der Waals surface area (Å²) in [5, 5.41) is 0. The van der Waals surface area contributed by atoms with Crippen molar-refractivity contribution >= 4 is 38.5 Å². The number of ether oxygens (including phenoxy) is 2. The summed E-state index contributed by atoms with van der Waals surface area (Å²) in [6.45, 7) is 4.35. The van der Waals surface area contributed by atoms with Gasteiger partial charge in [0.2, 0.25) is 0 Å². The minimum atomic E-state index is -5.86. The predicted molar refractivity (Wildman–Crippen MR) is 102 cm³/mol. The van der Waals surface area contributed by atoms with E-state index in [2.05, 4.69) is 4.18 Å². The molecular weight excluding hydrogens is 541 g/mol. The fourth-order valence-electron chi connectivity index (χ4n) is 3.90. The molecular formula is C19H21F3O6STe. The van der Waals surface area contributed by atoms with Crippen LogP contribution >= 0.6 is 0 Å². The number of hydrogen-bond donors (Lipinski definition) is 0. The molecule has 0 bridgehead atoms. The fourth-order valence-corrected chi connectivity index (χ4v) is 7.11. The molecule has 2 aliphatic rings.